The van der Waals surface area contributed by atoms with Gasteiger partial charge in [0, 0.05) is 35.2 Å². The second-order valence-corrected chi connectivity index (χ2v) is 8.93. The molecule has 0 atom stereocenters. The summed E-state index contributed by atoms with van der Waals surface area (Å²) >= 11 is 1.49. The number of aromatic nitrogens is 1. The summed E-state index contributed by atoms with van der Waals surface area (Å²) in [6, 6.07) is 18.6. The molecule has 35 heavy (non-hydrogen) atoms. The minimum absolute atomic E-state index is 0.0394. The molecule has 0 radical (unpaired) electrons. The molecule has 0 spiro atoms. The van der Waals surface area contributed by atoms with E-state index in [9.17, 15) is 19.7 Å². The van der Waals surface area contributed by atoms with E-state index in [4.69, 9.17) is 4.52 Å². The van der Waals surface area contributed by atoms with Crippen molar-refractivity contribution in [1.82, 2.24) is 15.4 Å². The number of rotatable bonds is 9. The van der Waals surface area contributed by atoms with E-state index < -0.39 is 16.7 Å². The summed E-state index contributed by atoms with van der Waals surface area (Å²) in [4.78, 5) is 38.8. The fraction of sp³-hybridized carbons (Fsp3) is 0.160. The number of aryl methyl sites for hydroxylation is 1. The molecule has 0 aliphatic heterocycles. The van der Waals surface area contributed by atoms with Crippen molar-refractivity contribution >= 4 is 28.8 Å². The highest BCUT2D eigenvalue weighted by Crippen LogP contribution is 2.20. The lowest BCUT2D eigenvalue weighted by atomic mass is 10.1. The van der Waals surface area contributed by atoms with Gasteiger partial charge in [-0.15, -0.1) is 11.3 Å². The predicted octanol–water partition coefficient (Wildman–Crippen LogP) is 4.73. The highest BCUT2D eigenvalue weighted by atomic mass is 32.1. The van der Waals surface area contributed by atoms with Crippen molar-refractivity contribution in [2.75, 3.05) is 0 Å². The van der Waals surface area contributed by atoms with Gasteiger partial charge < -0.3 is 14.7 Å². The first-order chi connectivity index (χ1) is 16.9. The van der Waals surface area contributed by atoms with Crippen molar-refractivity contribution in [3.05, 3.63) is 115 Å². The van der Waals surface area contributed by atoms with Crippen LogP contribution in [0.4, 0.5) is 5.69 Å². The van der Waals surface area contributed by atoms with E-state index in [1.807, 2.05) is 48.7 Å². The first-order valence-corrected chi connectivity index (χ1v) is 11.6. The molecule has 0 unspecified atom stereocenters. The first kappa shape index (κ1) is 23.8. The Bertz CT molecular complexity index is 1330. The van der Waals surface area contributed by atoms with Crippen LogP contribution in [0.25, 0.3) is 0 Å². The molecule has 0 aliphatic rings. The Hall–Kier alpha value is -4.31. The average Bonchev–Trinajstić information content (AvgIpc) is 3.55. The van der Waals surface area contributed by atoms with Crippen LogP contribution in [-0.4, -0.2) is 26.8 Å². The van der Waals surface area contributed by atoms with Crippen molar-refractivity contribution in [3.8, 4) is 0 Å². The Balaban J connectivity index is 1.48. The second-order valence-electron chi connectivity index (χ2n) is 7.89. The van der Waals surface area contributed by atoms with Crippen LogP contribution in [0.5, 0.6) is 0 Å². The summed E-state index contributed by atoms with van der Waals surface area (Å²) in [6.45, 7) is 2.65. The zero-order valence-electron chi connectivity index (χ0n) is 18.8. The molecule has 0 saturated carbocycles. The Kier molecular flexibility index (Phi) is 7.32. The molecule has 2 aromatic carbocycles. The molecule has 2 amide bonds. The molecule has 10 heteroatoms. The van der Waals surface area contributed by atoms with Gasteiger partial charge in [-0.05, 0) is 30.0 Å². The molecule has 9 nitrogen and oxygen atoms in total. The van der Waals surface area contributed by atoms with Crippen LogP contribution in [0.1, 0.15) is 42.6 Å². The first-order valence-electron chi connectivity index (χ1n) is 10.7. The largest absolute Gasteiger partial charge is 0.359 e. The summed E-state index contributed by atoms with van der Waals surface area (Å²) in [5.74, 6) is -0.472. The van der Waals surface area contributed by atoms with E-state index >= 15 is 0 Å². The number of hydrogen-bond acceptors (Lipinski definition) is 7. The number of nitrogens with one attached hydrogen (secondary N) is 1. The summed E-state index contributed by atoms with van der Waals surface area (Å²) in [5.41, 5.74) is 2.21. The fourth-order valence-electron chi connectivity index (χ4n) is 3.39. The van der Waals surface area contributed by atoms with Gasteiger partial charge in [0.15, 0.2) is 11.5 Å². The van der Waals surface area contributed by atoms with Crippen molar-refractivity contribution in [2.45, 2.75) is 26.6 Å². The number of benzene rings is 2. The highest BCUT2D eigenvalue weighted by Gasteiger charge is 2.22. The van der Waals surface area contributed by atoms with Gasteiger partial charge in [0.2, 0.25) is 0 Å². The third-order valence-electron chi connectivity index (χ3n) is 5.23. The van der Waals surface area contributed by atoms with Crippen molar-refractivity contribution in [2.24, 2.45) is 0 Å². The van der Waals surface area contributed by atoms with Gasteiger partial charge in [-0.3, -0.25) is 19.7 Å². The quantitative estimate of drug-likeness (QED) is 0.268. The Morgan fingerprint density at radius 3 is 2.60 bits per heavy atom. The van der Waals surface area contributed by atoms with Crippen LogP contribution in [0, 0.1) is 17.0 Å². The molecule has 0 aliphatic carbocycles. The molecule has 0 saturated heterocycles. The second kappa shape index (κ2) is 10.7. The highest BCUT2D eigenvalue weighted by molar-refractivity contribution is 7.09. The van der Waals surface area contributed by atoms with Gasteiger partial charge in [0.05, 0.1) is 18.0 Å². The zero-order chi connectivity index (χ0) is 24.8. The van der Waals surface area contributed by atoms with E-state index in [-0.39, 0.29) is 30.0 Å². The molecule has 4 aromatic rings. The summed E-state index contributed by atoms with van der Waals surface area (Å²) in [5, 5.41) is 19.7. The maximum absolute atomic E-state index is 13.2. The number of nitro groups is 1. The van der Waals surface area contributed by atoms with Crippen LogP contribution in [0.15, 0.2) is 76.6 Å². The molecule has 0 fully saturated rings. The lowest BCUT2D eigenvalue weighted by molar-refractivity contribution is -0.384. The smallest absolute Gasteiger partial charge is 0.273 e. The number of hydrogen-bond donors (Lipinski definition) is 1. The SMILES string of the molecule is Cc1ccc(CNC(=O)c2cc(CN(Cc3cccs3)C(=O)c3cccc([N+](=O)[O-])c3)on2)cc1. The molecule has 0 bridgehead atoms. The van der Waals surface area contributed by atoms with Gasteiger partial charge in [-0.1, -0.05) is 47.1 Å². The van der Waals surface area contributed by atoms with E-state index in [1.165, 1.54) is 46.6 Å². The fourth-order valence-corrected chi connectivity index (χ4v) is 4.11. The summed E-state index contributed by atoms with van der Waals surface area (Å²) < 4.78 is 5.34. The number of nitrogens with zero attached hydrogens (tertiary/aromatic N) is 3. The lowest BCUT2D eigenvalue weighted by Gasteiger charge is -2.20. The minimum Gasteiger partial charge on any atom is -0.359 e. The monoisotopic (exact) mass is 490 g/mol. The normalized spacial score (nSPS) is 10.7. The number of non-ortho nitro benzene ring substituents is 1. The van der Waals surface area contributed by atoms with Gasteiger partial charge >= 0.3 is 0 Å². The number of amides is 2. The molecule has 1 N–H and O–H groups in total. The third-order valence-corrected chi connectivity index (χ3v) is 6.09. The van der Waals surface area contributed by atoms with Crippen LogP contribution in [0.2, 0.25) is 0 Å². The van der Waals surface area contributed by atoms with Crippen molar-refractivity contribution in [1.29, 1.82) is 0 Å². The topological polar surface area (TPSA) is 119 Å². The Morgan fingerprint density at radius 1 is 1.09 bits per heavy atom. The maximum Gasteiger partial charge on any atom is 0.273 e. The maximum atomic E-state index is 13.2. The molecular formula is C25H22N4O5S. The molecule has 4 rings (SSSR count). The number of nitro benzene ring substituents is 1. The number of carbonyl (C=O) groups is 2. The van der Waals surface area contributed by atoms with Crippen LogP contribution >= 0.6 is 11.3 Å². The summed E-state index contributed by atoms with van der Waals surface area (Å²) in [7, 11) is 0. The third kappa shape index (κ3) is 6.18. The van der Waals surface area contributed by atoms with Gasteiger partial charge in [-0.2, -0.15) is 0 Å². The average molecular weight is 491 g/mol. The van der Waals surface area contributed by atoms with E-state index in [0.29, 0.717) is 12.3 Å². The van der Waals surface area contributed by atoms with Crippen molar-refractivity contribution < 1.29 is 19.0 Å². The van der Waals surface area contributed by atoms with Gasteiger partial charge in [-0.25, -0.2) is 0 Å². The van der Waals surface area contributed by atoms with Crippen LogP contribution in [0.3, 0.4) is 0 Å². The van der Waals surface area contributed by atoms with Gasteiger partial charge in [0.25, 0.3) is 17.5 Å². The molecular weight excluding hydrogens is 468 g/mol. The van der Waals surface area contributed by atoms with E-state index in [0.717, 1.165) is 16.0 Å². The molecule has 2 aromatic heterocycles. The molecule has 178 valence electrons. The zero-order valence-corrected chi connectivity index (χ0v) is 19.7. The Labute approximate surface area is 205 Å². The van der Waals surface area contributed by atoms with Crippen LogP contribution < -0.4 is 5.32 Å². The number of carbonyl (C=O) groups excluding carboxylic acids is 2. The lowest BCUT2D eigenvalue weighted by Crippen LogP contribution is -2.29. The predicted molar refractivity (Wildman–Crippen MR) is 130 cm³/mol. The van der Waals surface area contributed by atoms with E-state index in [2.05, 4.69) is 10.5 Å². The van der Waals surface area contributed by atoms with Gasteiger partial charge in [0.1, 0.15) is 0 Å². The minimum atomic E-state index is -0.543. The summed E-state index contributed by atoms with van der Waals surface area (Å²) in [6.07, 6.45) is 0. The van der Waals surface area contributed by atoms with E-state index in [1.54, 1.807) is 0 Å². The van der Waals surface area contributed by atoms with Crippen molar-refractivity contribution in [3.63, 3.8) is 0 Å². The van der Waals surface area contributed by atoms with Crippen LogP contribution in [-0.2, 0) is 19.6 Å². The number of thiophene rings is 1. The molecule has 2 heterocycles. The Morgan fingerprint density at radius 2 is 1.89 bits per heavy atom. The standard InChI is InChI=1S/C25H22N4O5S/c1-17-7-9-18(10-8-17)14-26-24(30)23-13-21(34-27-23)15-28(16-22-6-3-11-35-22)25(31)19-4-2-5-20(12-19)29(32)33/h2-13H,14-16H2,1H3,(H,26,30).